The highest BCUT2D eigenvalue weighted by Gasteiger charge is 2.21. The number of rotatable bonds is 6. The van der Waals surface area contributed by atoms with Gasteiger partial charge in [-0.2, -0.15) is 0 Å². The van der Waals surface area contributed by atoms with Crippen molar-refractivity contribution in [3.8, 4) is 0 Å². The molecule has 0 aliphatic carbocycles. The molecule has 28 heavy (non-hydrogen) atoms. The van der Waals surface area contributed by atoms with Gasteiger partial charge in [-0.3, -0.25) is 9.59 Å². The van der Waals surface area contributed by atoms with Gasteiger partial charge in [0.25, 0.3) is 0 Å². The maximum Gasteiger partial charge on any atom is 0.248 e. The molecule has 1 N–H and O–H groups in total. The summed E-state index contributed by atoms with van der Waals surface area (Å²) in [6, 6.07) is 15.9. The zero-order chi connectivity index (χ0) is 20.1. The topological polar surface area (TPSA) is 52.7 Å². The average molecular weight is 377 g/mol. The molecule has 0 radical (unpaired) electrons. The molecule has 146 valence electrons. The zero-order valence-electron chi connectivity index (χ0n) is 16.7. The summed E-state index contributed by atoms with van der Waals surface area (Å²) < 4.78 is 0. The fourth-order valence-corrected chi connectivity index (χ4v) is 3.14. The fourth-order valence-electron chi connectivity index (χ4n) is 3.14. The predicted octanol–water partition coefficient (Wildman–Crippen LogP) is 4.31. The van der Waals surface area contributed by atoms with Crippen molar-refractivity contribution in [1.29, 1.82) is 0 Å². The first kappa shape index (κ1) is 19.7. The van der Waals surface area contributed by atoms with Crippen LogP contribution < -0.4 is 15.1 Å². The molecule has 0 atom stereocenters. The highest BCUT2D eigenvalue weighted by Crippen LogP contribution is 2.22. The Morgan fingerprint density at radius 1 is 1.18 bits per heavy atom. The summed E-state index contributed by atoms with van der Waals surface area (Å²) >= 11 is 0. The van der Waals surface area contributed by atoms with Crippen LogP contribution in [0, 0.1) is 0 Å². The minimum Gasteiger partial charge on any atom is -0.372 e. The predicted molar refractivity (Wildman–Crippen MR) is 116 cm³/mol. The van der Waals surface area contributed by atoms with Gasteiger partial charge in [0.2, 0.25) is 11.8 Å². The molecular weight excluding hydrogens is 350 g/mol. The van der Waals surface area contributed by atoms with E-state index in [1.165, 1.54) is 6.08 Å². The van der Waals surface area contributed by atoms with Crippen molar-refractivity contribution in [1.82, 2.24) is 0 Å². The van der Waals surface area contributed by atoms with Crippen LogP contribution in [0.4, 0.5) is 17.1 Å². The molecule has 5 nitrogen and oxygen atoms in total. The Hall–Kier alpha value is -3.08. The Bertz CT molecular complexity index is 872. The molecule has 2 aromatic carbocycles. The van der Waals surface area contributed by atoms with E-state index in [-0.39, 0.29) is 11.8 Å². The number of anilines is 3. The van der Waals surface area contributed by atoms with Crippen LogP contribution in [0.2, 0.25) is 0 Å². The highest BCUT2D eigenvalue weighted by atomic mass is 16.2. The van der Waals surface area contributed by atoms with Gasteiger partial charge in [-0.05, 0) is 62.2 Å². The van der Waals surface area contributed by atoms with Gasteiger partial charge in [0.15, 0.2) is 0 Å². The minimum atomic E-state index is -0.178. The van der Waals surface area contributed by atoms with Crippen molar-refractivity contribution in [2.45, 2.75) is 32.7 Å². The van der Waals surface area contributed by atoms with Crippen molar-refractivity contribution in [2.75, 3.05) is 28.7 Å². The van der Waals surface area contributed by atoms with E-state index in [1.807, 2.05) is 55.6 Å². The molecule has 5 heteroatoms. The summed E-state index contributed by atoms with van der Waals surface area (Å²) in [6.07, 6.45) is 4.83. The molecule has 1 aliphatic heterocycles. The summed E-state index contributed by atoms with van der Waals surface area (Å²) in [5.74, 6) is -0.00356. The van der Waals surface area contributed by atoms with E-state index in [0.29, 0.717) is 12.5 Å². The maximum atomic E-state index is 12.3. The maximum absolute atomic E-state index is 12.3. The molecule has 1 fully saturated rings. The summed E-state index contributed by atoms with van der Waals surface area (Å²) in [6.45, 7) is 5.03. The lowest BCUT2D eigenvalue weighted by atomic mass is 10.2. The number of carbonyl (C=O) groups excluding carboxylic acids is 2. The number of hydrogen-bond acceptors (Lipinski definition) is 3. The normalized spacial score (nSPS) is 14.1. The van der Waals surface area contributed by atoms with Gasteiger partial charge in [-0.1, -0.05) is 18.2 Å². The molecule has 0 bridgehead atoms. The second-order valence-electron chi connectivity index (χ2n) is 7.32. The van der Waals surface area contributed by atoms with Crippen LogP contribution in [0.25, 0.3) is 6.08 Å². The van der Waals surface area contributed by atoms with Gasteiger partial charge in [0.1, 0.15) is 0 Å². The van der Waals surface area contributed by atoms with E-state index in [0.717, 1.165) is 35.6 Å². The molecule has 0 saturated carbocycles. The van der Waals surface area contributed by atoms with E-state index in [4.69, 9.17) is 0 Å². The second kappa shape index (κ2) is 8.74. The van der Waals surface area contributed by atoms with Crippen LogP contribution in [-0.4, -0.2) is 31.4 Å². The molecule has 1 heterocycles. The number of nitrogens with one attached hydrogen (secondary N) is 1. The van der Waals surface area contributed by atoms with Gasteiger partial charge in [-0.15, -0.1) is 0 Å². The van der Waals surface area contributed by atoms with Crippen LogP contribution >= 0.6 is 0 Å². The van der Waals surface area contributed by atoms with Crippen LogP contribution in [0.3, 0.4) is 0 Å². The summed E-state index contributed by atoms with van der Waals surface area (Å²) in [7, 11) is 2.03. The molecular formula is C23H27N3O2. The summed E-state index contributed by atoms with van der Waals surface area (Å²) in [4.78, 5) is 28.0. The first-order chi connectivity index (χ1) is 13.4. The highest BCUT2D eigenvalue weighted by molar-refractivity contribution is 6.02. The monoisotopic (exact) mass is 377 g/mol. The first-order valence-electron chi connectivity index (χ1n) is 9.66. The van der Waals surface area contributed by atoms with Gasteiger partial charge >= 0.3 is 0 Å². The van der Waals surface area contributed by atoms with Crippen molar-refractivity contribution in [3.63, 3.8) is 0 Å². The van der Waals surface area contributed by atoms with Gasteiger partial charge in [-0.25, -0.2) is 0 Å². The summed E-state index contributed by atoms with van der Waals surface area (Å²) in [5.41, 5.74) is 3.65. The molecule has 1 aliphatic rings. The molecule has 1 saturated heterocycles. The second-order valence-corrected chi connectivity index (χ2v) is 7.32. The molecule has 2 amide bonds. The number of nitrogens with zero attached hydrogens (tertiary/aromatic N) is 2. The van der Waals surface area contributed by atoms with Gasteiger partial charge in [0, 0.05) is 49.2 Å². The molecule has 2 aromatic rings. The number of benzene rings is 2. The van der Waals surface area contributed by atoms with Crippen LogP contribution in [0.1, 0.15) is 32.3 Å². The molecule has 0 unspecified atom stereocenters. The van der Waals surface area contributed by atoms with Crippen LogP contribution in [0.5, 0.6) is 0 Å². The van der Waals surface area contributed by atoms with E-state index in [1.54, 1.807) is 11.0 Å². The lowest BCUT2D eigenvalue weighted by molar-refractivity contribution is -0.117. The third-order valence-corrected chi connectivity index (χ3v) is 5.00. The van der Waals surface area contributed by atoms with Crippen molar-refractivity contribution in [2.24, 2.45) is 0 Å². The van der Waals surface area contributed by atoms with E-state index >= 15 is 0 Å². The van der Waals surface area contributed by atoms with E-state index in [9.17, 15) is 9.59 Å². The Morgan fingerprint density at radius 3 is 2.57 bits per heavy atom. The smallest absolute Gasteiger partial charge is 0.248 e. The fraction of sp³-hybridized carbons (Fsp3) is 0.304. The van der Waals surface area contributed by atoms with Crippen molar-refractivity contribution >= 4 is 35.0 Å². The number of carbonyl (C=O) groups is 2. The zero-order valence-corrected chi connectivity index (χ0v) is 16.7. The van der Waals surface area contributed by atoms with Crippen molar-refractivity contribution in [3.05, 3.63) is 60.2 Å². The Kier molecular flexibility index (Phi) is 6.14. The van der Waals surface area contributed by atoms with Gasteiger partial charge < -0.3 is 15.1 Å². The minimum absolute atomic E-state index is 0.174. The van der Waals surface area contributed by atoms with Gasteiger partial charge in [0.05, 0.1) is 0 Å². The number of hydrogen-bond donors (Lipinski definition) is 1. The lowest BCUT2D eigenvalue weighted by Crippen LogP contribution is -2.25. The SMILES string of the molecule is CC(C)N(C)c1cccc(NC(=O)/C=C/c2ccc(N3CCCC3=O)cc2)c1. The summed E-state index contributed by atoms with van der Waals surface area (Å²) in [5, 5.41) is 2.90. The van der Waals surface area contributed by atoms with Crippen LogP contribution in [-0.2, 0) is 9.59 Å². The Labute approximate surface area is 166 Å². The quantitative estimate of drug-likeness (QED) is 0.763. The standard InChI is InChI=1S/C23H27N3O2/c1-17(2)25(3)21-7-4-6-19(16-21)24-22(27)14-11-18-9-12-20(13-10-18)26-15-5-8-23(26)28/h4,6-7,9-14,16-17H,5,8,15H2,1-3H3,(H,24,27)/b14-11+. The Balaban J connectivity index is 1.61. The third-order valence-electron chi connectivity index (χ3n) is 5.00. The molecule has 3 rings (SSSR count). The Morgan fingerprint density at radius 2 is 1.93 bits per heavy atom. The molecule has 0 aromatic heterocycles. The first-order valence-corrected chi connectivity index (χ1v) is 9.66. The lowest BCUT2D eigenvalue weighted by Gasteiger charge is -2.24. The van der Waals surface area contributed by atoms with E-state index < -0.39 is 0 Å². The van der Waals surface area contributed by atoms with Crippen molar-refractivity contribution < 1.29 is 9.59 Å². The molecule has 0 spiro atoms. The third kappa shape index (κ3) is 4.80. The van der Waals surface area contributed by atoms with Crippen LogP contribution in [0.15, 0.2) is 54.6 Å². The largest absolute Gasteiger partial charge is 0.372 e. The van der Waals surface area contributed by atoms with E-state index in [2.05, 4.69) is 24.1 Å². The average Bonchev–Trinajstić information content (AvgIpc) is 3.12. The number of amides is 2.